The summed E-state index contributed by atoms with van der Waals surface area (Å²) in [6.07, 6.45) is 2.08. The molecule has 1 aromatic heterocycles. The molecule has 0 N–H and O–H groups in total. The van der Waals surface area contributed by atoms with E-state index in [9.17, 15) is 0 Å². The molecule has 1 rings (SSSR count). The summed E-state index contributed by atoms with van der Waals surface area (Å²) in [5.41, 5.74) is 0. The molecule has 0 bridgehead atoms. The van der Waals surface area contributed by atoms with Crippen molar-refractivity contribution in [1.29, 1.82) is 0 Å². The minimum atomic E-state index is 0.448. The van der Waals surface area contributed by atoms with E-state index in [1.807, 2.05) is 0 Å². The van der Waals surface area contributed by atoms with Crippen LogP contribution >= 0.6 is 11.6 Å². The Labute approximate surface area is 90.5 Å². The minimum Gasteiger partial charge on any atom is -0.314 e. The summed E-state index contributed by atoms with van der Waals surface area (Å²) in [7, 11) is 0. The molecule has 0 atom stereocenters. The van der Waals surface area contributed by atoms with E-state index in [0.717, 1.165) is 31.0 Å². The maximum Gasteiger partial charge on any atom is 0.147 e. The molecule has 0 aliphatic heterocycles. The Bertz CT molecular complexity index is 281. The lowest BCUT2D eigenvalue weighted by atomic mass is 10.2. The van der Waals surface area contributed by atoms with Gasteiger partial charge >= 0.3 is 0 Å². The fraction of sp³-hybridized carbons (Fsp3) is 0.800. The average Bonchev–Trinajstić information content (AvgIpc) is 2.48. The van der Waals surface area contributed by atoms with Crippen LogP contribution in [0.2, 0.25) is 0 Å². The van der Waals surface area contributed by atoms with Crippen molar-refractivity contribution in [2.75, 3.05) is 0 Å². The molecule has 1 aromatic rings. The van der Waals surface area contributed by atoms with Crippen LogP contribution in [-0.4, -0.2) is 14.8 Å². The van der Waals surface area contributed by atoms with Gasteiger partial charge in [-0.05, 0) is 12.3 Å². The predicted molar refractivity (Wildman–Crippen MR) is 58.4 cm³/mol. The summed E-state index contributed by atoms with van der Waals surface area (Å²) in [6.45, 7) is 7.49. The predicted octanol–water partition coefficient (Wildman–Crippen LogP) is 2.63. The Morgan fingerprint density at radius 2 is 1.93 bits per heavy atom. The van der Waals surface area contributed by atoms with Gasteiger partial charge in [0.25, 0.3) is 0 Å². The van der Waals surface area contributed by atoms with Crippen LogP contribution in [0.4, 0.5) is 0 Å². The zero-order valence-corrected chi connectivity index (χ0v) is 9.88. The van der Waals surface area contributed by atoms with Crippen LogP contribution in [0.5, 0.6) is 0 Å². The molecule has 14 heavy (non-hydrogen) atoms. The van der Waals surface area contributed by atoms with Crippen LogP contribution in [0.1, 0.15) is 38.8 Å². The summed E-state index contributed by atoms with van der Waals surface area (Å²) >= 11 is 5.81. The van der Waals surface area contributed by atoms with Crippen molar-refractivity contribution >= 4 is 11.6 Å². The summed E-state index contributed by atoms with van der Waals surface area (Å²) < 4.78 is 2.15. The maximum atomic E-state index is 5.81. The van der Waals surface area contributed by atoms with Crippen LogP contribution < -0.4 is 0 Å². The third-order valence-corrected chi connectivity index (χ3v) is 2.28. The fourth-order valence-electron chi connectivity index (χ4n) is 1.46. The molecule has 4 heteroatoms. The Morgan fingerprint density at radius 3 is 2.43 bits per heavy atom. The third-order valence-electron chi connectivity index (χ3n) is 2.04. The first-order valence-corrected chi connectivity index (χ1v) is 5.69. The van der Waals surface area contributed by atoms with Gasteiger partial charge in [-0.2, -0.15) is 0 Å². The topological polar surface area (TPSA) is 30.7 Å². The average molecular weight is 216 g/mol. The van der Waals surface area contributed by atoms with E-state index in [4.69, 9.17) is 11.6 Å². The van der Waals surface area contributed by atoms with Crippen LogP contribution in [-0.2, 0) is 18.8 Å². The summed E-state index contributed by atoms with van der Waals surface area (Å²) in [5.74, 6) is 3.01. The first-order chi connectivity index (χ1) is 6.69. The van der Waals surface area contributed by atoms with Crippen molar-refractivity contribution in [3.05, 3.63) is 11.6 Å². The van der Waals surface area contributed by atoms with Gasteiger partial charge in [-0.25, -0.2) is 0 Å². The number of nitrogens with zero attached hydrogens (tertiary/aromatic N) is 3. The molecular formula is C10H18ClN3. The molecule has 0 radical (unpaired) electrons. The van der Waals surface area contributed by atoms with Crippen molar-refractivity contribution in [2.24, 2.45) is 5.92 Å². The molecule has 0 amide bonds. The molecule has 0 aliphatic rings. The van der Waals surface area contributed by atoms with Gasteiger partial charge in [0.2, 0.25) is 0 Å². The number of hydrogen-bond acceptors (Lipinski definition) is 2. The summed E-state index contributed by atoms with van der Waals surface area (Å²) in [4.78, 5) is 0. The standard InChI is InChI=1S/C10H18ClN3/c1-4-5-9-12-13-10(6-11)14(9)7-8(2)3/h8H,4-7H2,1-3H3. The quantitative estimate of drug-likeness (QED) is 0.707. The molecular weight excluding hydrogens is 198 g/mol. The molecule has 0 aromatic carbocycles. The lowest BCUT2D eigenvalue weighted by Crippen LogP contribution is -2.11. The highest BCUT2D eigenvalue weighted by Crippen LogP contribution is 2.10. The highest BCUT2D eigenvalue weighted by Gasteiger charge is 2.11. The van der Waals surface area contributed by atoms with Gasteiger partial charge in [0.05, 0.1) is 5.88 Å². The van der Waals surface area contributed by atoms with E-state index in [1.165, 1.54) is 0 Å². The number of aryl methyl sites for hydroxylation is 1. The van der Waals surface area contributed by atoms with Gasteiger partial charge in [-0.1, -0.05) is 20.8 Å². The summed E-state index contributed by atoms with van der Waals surface area (Å²) in [5, 5.41) is 8.25. The third kappa shape index (κ3) is 2.71. The van der Waals surface area contributed by atoms with E-state index >= 15 is 0 Å². The molecule has 1 heterocycles. The molecule has 0 fully saturated rings. The SMILES string of the molecule is CCCc1nnc(CCl)n1CC(C)C. The number of alkyl halides is 1. The van der Waals surface area contributed by atoms with Crippen LogP contribution in [0.15, 0.2) is 0 Å². The molecule has 0 saturated heterocycles. The van der Waals surface area contributed by atoms with Crippen molar-refractivity contribution in [1.82, 2.24) is 14.8 Å². The van der Waals surface area contributed by atoms with Gasteiger partial charge < -0.3 is 4.57 Å². The Hall–Kier alpha value is -0.570. The Balaban J connectivity index is 2.87. The smallest absolute Gasteiger partial charge is 0.147 e. The first-order valence-electron chi connectivity index (χ1n) is 5.16. The van der Waals surface area contributed by atoms with E-state index in [0.29, 0.717) is 11.8 Å². The number of hydrogen-bond donors (Lipinski definition) is 0. The van der Waals surface area contributed by atoms with E-state index in [-0.39, 0.29) is 0 Å². The molecule has 0 unspecified atom stereocenters. The van der Waals surface area contributed by atoms with Crippen molar-refractivity contribution < 1.29 is 0 Å². The van der Waals surface area contributed by atoms with Crippen molar-refractivity contribution in [2.45, 2.75) is 46.0 Å². The number of aromatic nitrogens is 3. The number of halogens is 1. The first kappa shape index (κ1) is 11.5. The van der Waals surface area contributed by atoms with Crippen LogP contribution in [0.3, 0.4) is 0 Å². The van der Waals surface area contributed by atoms with Gasteiger partial charge in [-0.3, -0.25) is 0 Å². The van der Waals surface area contributed by atoms with E-state index in [2.05, 4.69) is 35.5 Å². The van der Waals surface area contributed by atoms with Crippen LogP contribution in [0.25, 0.3) is 0 Å². The zero-order chi connectivity index (χ0) is 10.6. The fourth-order valence-corrected chi connectivity index (χ4v) is 1.65. The van der Waals surface area contributed by atoms with E-state index < -0.39 is 0 Å². The molecule has 0 aliphatic carbocycles. The highest BCUT2D eigenvalue weighted by molar-refractivity contribution is 6.16. The highest BCUT2D eigenvalue weighted by atomic mass is 35.5. The zero-order valence-electron chi connectivity index (χ0n) is 9.13. The monoisotopic (exact) mass is 215 g/mol. The number of rotatable bonds is 5. The lowest BCUT2D eigenvalue weighted by molar-refractivity contribution is 0.495. The molecule has 80 valence electrons. The van der Waals surface area contributed by atoms with Crippen LogP contribution in [0, 0.1) is 5.92 Å². The van der Waals surface area contributed by atoms with E-state index in [1.54, 1.807) is 0 Å². The summed E-state index contributed by atoms with van der Waals surface area (Å²) in [6, 6.07) is 0. The Morgan fingerprint density at radius 1 is 1.29 bits per heavy atom. The van der Waals surface area contributed by atoms with Gasteiger partial charge in [0.1, 0.15) is 11.6 Å². The second kappa shape index (κ2) is 5.35. The normalized spacial score (nSPS) is 11.2. The van der Waals surface area contributed by atoms with Gasteiger partial charge in [0, 0.05) is 13.0 Å². The minimum absolute atomic E-state index is 0.448. The molecule has 0 saturated carbocycles. The maximum absolute atomic E-state index is 5.81. The second-order valence-corrected chi connectivity index (χ2v) is 4.19. The van der Waals surface area contributed by atoms with Crippen molar-refractivity contribution in [3.63, 3.8) is 0 Å². The Kier molecular flexibility index (Phi) is 4.39. The lowest BCUT2D eigenvalue weighted by Gasteiger charge is -2.10. The molecule has 3 nitrogen and oxygen atoms in total. The molecule has 0 spiro atoms. The van der Waals surface area contributed by atoms with Gasteiger partial charge in [-0.15, -0.1) is 21.8 Å². The van der Waals surface area contributed by atoms with Gasteiger partial charge in [0.15, 0.2) is 0 Å². The largest absolute Gasteiger partial charge is 0.314 e. The second-order valence-electron chi connectivity index (χ2n) is 3.92. The van der Waals surface area contributed by atoms with Crippen molar-refractivity contribution in [3.8, 4) is 0 Å².